The molecule has 0 heterocycles. The van der Waals surface area contributed by atoms with Crippen LogP contribution in [0.4, 0.5) is 5.69 Å². The van der Waals surface area contributed by atoms with E-state index in [1.165, 1.54) is 0 Å². The predicted molar refractivity (Wildman–Crippen MR) is 113 cm³/mol. The number of aryl methyl sites for hydroxylation is 1. The Morgan fingerprint density at radius 1 is 1.21 bits per heavy atom. The van der Waals surface area contributed by atoms with Gasteiger partial charge in [-0.25, -0.2) is 8.42 Å². The maximum atomic E-state index is 12.6. The number of anilines is 1. The Labute approximate surface area is 171 Å². The summed E-state index contributed by atoms with van der Waals surface area (Å²) in [6.07, 6.45) is 1.74. The summed E-state index contributed by atoms with van der Waals surface area (Å²) in [5, 5.41) is 3.42. The molecule has 0 spiro atoms. The molecule has 6 nitrogen and oxygen atoms in total. The van der Waals surface area contributed by atoms with Gasteiger partial charge in [-0.2, -0.15) is 0 Å². The molecule has 1 amide bonds. The highest BCUT2D eigenvalue weighted by atomic mass is 35.5. The maximum absolute atomic E-state index is 12.6. The normalized spacial score (nSPS) is 12.3. The molecule has 0 saturated carbocycles. The van der Waals surface area contributed by atoms with E-state index in [1.807, 2.05) is 31.2 Å². The quantitative estimate of drug-likeness (QED) is 0.701. The Bertz CT molecular complexity index is 930. The first-order valence-electron chi connectivity index (χ1n) is 8.83. The third-order valence-corrected chi connectivity index (χ3v) is 5.74. The van der Waals surface area contributed by atoms with Crippen molar-refractivity contribution in [1.82, 2.24) is 5.32 Å². The molecule has 0 fully saturated rings. The van der Waals surface area contributed by atoms with Crippen LogP contribution in [-0.2, 0) is 14.8 Å². The van der Waals surface area contributed by atoms with Gasteiger partial charge in [0.1, 0.15) is 12.3 Å². The third kappa shape index (κ3) is 5.62. The summed E-state index contributed by atoms with van der Waals surface area (Å²) < 4.78 is 30.8. The second kappa shape index (κ2) is 9.30. The van der Waals surface area contributed by atoms with Crippen molar-refractivity contribution in [1.29, 1.82) is 0 Å². The number of methoxy groups -OCH3 is 1. The van der Waals surface area contributed by atoms with Crippen LogP contribution >= 0.6 is 11.6 Å². The molecule has 0 aliphatic carbocycles. The van der Waals surface area contributed by atoms with Crippen molar-refractivity contribution < 1.29 is 17.9 Å². The molecule has 8 heteroatoms. The zero-order chi connectivity index (χ0) is 20.9. The van der Waals surface area contributed by atoms with Crippen LogP contribution in [0.1, 0.15) is 30.5 Å². The molecule has 152 valence electrons. The van der Waals surface area contributed by atoms with Crippen LogP contribution in [0.2, 0.25) is 5.02 Å². The van der Waals surface area contributed by atoms with E-state index in [1.54, 1.807) is 32.2 Å². The Hall–Kier alpha value is -2.25. The van der Waals surface area contributed by atoms with E-state index in [-0.39, 0.29) is 18.5 Å². The number of halogens is 1. The average Bonchev–Trinajstić information content (AvgIpc) is 2.64. The first-order chi connectivity index (χ1) is 13.2. The van der Waals surface area contributed by atoms with Crippen LogP contribution in [-0.4, -0.2) is 34.2 Å². The second-order valence-electron chi connectivity index (χ2n) is 6.50. The first-order valence-corrected chi connectivity index (χ1v) is 11.1. The summed E-state index contributed by atoms with van der Waals surface area (Å²) in [5.41, 5.74) is 2.03. The van der Waals surface area contributed by atoms with Crippen molar-refractivity contribution in [2.24, 2.45) is 0 Å². The highest BCUT2D eigenvalue weighted by molar-refractivity contribution is 7.92. The van der Waals surface area contributed by atoms with Crippen LogP contribution in [0.25, 0.3) is 0 Å². The van der Waals surface area contributed by atoms with Gasteiger partial charge in [0.2, 0.25) is 15.9 Å². The first kappa shape index (κ1) is 22.0. The molecule has 0 aromatic heterocycles. The highest BCUT2D eigenvalue weighted by Gasteiger charge is 2.24. The van der Waals surface area contributed by atoms with Crippen molar-refractivity contribution in [2.75, 3.05) is 24.2 Å². The number of sulfonamides is 1. The molecule has 1 unspecified atom stereocenters. The van der Waals surface area contributed by atoms with Crippen LogP contribution in [0.5, 0.6) is 5.75 Å². The summed E-state index contributed by atoms with van der Waals surface area (Å²) in [7, 11) is -2.06. The smallest absolute Gasteiger partial charge is 0.241 e. The fourth-order valence-corrected chi connectivity index (χ4v) is 4.05. The van der Waals surface area contributed by atoms with E-state index in [4.69, 9.17) is 16.3 Å². The van der Waals surface area contributed by atoms with E-state index in [0.717, 1.165) is 21.9 Å². The third-order valence-electron chi connectivity index (χ3n) is 4.38. The van der Waals surface area contributed by atoms with Gasteiger partial charge in [-0.3, -0.25) is 9.10 Å². The highest BCUT2D eigenvalue weighted by Crippen LogP contribution is 2.26. The van der Waals surface area contributed by atoms with Gasteiger partial charge in [-0.15, -0.1) is 0 Å². The minimum absolute atomic E-state index is 0.230. The zero-order valence-electron chi connectivity index (χ0n) is 16.4. The summed E-state index contributed by atoms with van der Waals surface area (Å²) in [4.78, 5) is 12.6. The molecule has 2 aromatic rings. The molecule has 0 saturated heterocycles. The average molecular weight is 425 g/mol. The Balaban J connectivity index is 2.20. The van der Waals surface area contributed by atoms with E-state index in [0.29, 0.717) is 22.7 Å². The molecular formula is C20H25ClN2O4S. The molecule has 0 aliphatic heterocycles. The number of nitrogens with one attached hydrogen (secondary N) is 1. The van der Waals surface area contributed by atoms with Crippen molar-refractivity contribution in [3.63, 3.8) is 0 Å². The molecule has 2 aromatic carbocycles. The Morgan fingerprint density at radius 3 is 2.36 bits per heavy atom. The monoisotopic (exact) mass is 424 g/mol. The number of nitrogens with zero attached hydrogens (tertiary/aromatic N) is 1. The largest absolute Gasteiger partial charge is 0.497 e. The fraction of sp³-hybridized carbons (Fsp3) is 0.350. The van der Waals surface area contributed by atoms with Gasteiger partial charge in [0.25, 0.3) is 0 Å². The van der Waals surface area contributed by atoms with Gasteiger partial charge in [-0.05, 0) is 54.8 Å². The van der Waals surface area contributed by atoms with Gasteiger partial charge in [-0.1, -0.05) is 30.7 Å². The van der Waals surface area contributed by atoms with Crippen LogP contribution in [0, 0.1) is 6.92 Å². The van der Waals surface area contributed by atoms with E-state index < -0.39 is 10.0 Å². The predicted octanol–water partition coefficient (Wildman–Crippen LogP) is 3.69. The van der Waals surface area contributed by atoms with Gasteiger partial charge in [0, 0.05) is 5.02 Å². The van der Waals surface area contributed by atoms with Crippen molar-refractivity contribution >= 4 is 33.2 Å². The van der Waals surface area contributed by atoms with Gasteiger partial charge in [0.05, 0.1) is 25.1 Å². The van der Waals surface area contributed by atoms with Gasteiger partial charge in [0.15, 0.2) is 0 Å². The topological polar surface area (TPSA) is 75.7 Å². The van der Waals surface area contributed by atoms with Crippen molar-refractivity contribution in [3.8, 4) is 5.75 Å². The number of rotatable bonds is 8. The summed E-state index contributed by atoms with van der Waals surface area (Å²) in [5.74, 6) is 0.342. The number of ether oxygens (including phenoxy) is 1. The van der Waals surface area contributed by atoms with Crippen LogP contribution in [0.3, 0.4) is 0 Å². The van der Waals surface area contributed by atoms with E-state index >= 15 is 0 Å². The van der Waals surface area contributed by atoms with E-state index in [9.17, 15) is 13.2 Å². The standard InChI is InChI=1S/C20H25ClN2O4S/c1-5-18(15-6-9-17(27-3)10-7-15)22-20(24)13-23(28(4,25)26)19-11-8-16(21)12-14(19)2/h6-12,18H,5,13H2,1-4H3,(H,22,24). The lowest BCUT2D eigenvalue weighted by Gasteiger charge is -2.25. The Morgan fingerprint density at radius 2 is 1.86 bits per heavy atom. The SMILES string of the molecule is CCC(NC(=O)CN(c1ccc(Cl)cc1C)S(C)(=O)=O)c1ccc(OC)cc1. The fourth-order valence-electron chi connectivity index (χ4n) is 2.91. The number of hydrogen-bond donors (Lipinski definition) is 1. The molecule has 2 rings (SSSR count). The van der Waals surface area contributed by atoms with Gasteiger partial charge >= 0.3 is 0 Å². The number of hydrogen-bond acceptors (Lipinski definition) is 4. The maximum Gasteiger partial charge on any atom is 0.241 e. The van der Waals surface area contributed by atoms with Crippen LogP contribution in [0.15, 0.2) is 42.5 Å². The Kier molecular flexibility index (Phi) is 7.32. The lowest BCUT2D eigenvalue weighted by Crippen LogP contribution is -2.41. The summed E-state index contributed by atoms with van der Waals surface area (Å²) >= 11 is 5.96. The van der Waals surface area contributed by atoms with Crippen molar-refractivity contribution in [2.45, 2.75) is 26.3 Å². The molecule has 1 atom stereocenters. The van der Waals surface area contributed by atoms with Crippen molar-refractivity contribution in [3.05, 3.63) is 58.6 Å². The molecule has 28 heavy (non-hydrogen) atoms. The van der Waals surface area contributed by atoms with Gasteiger partial charge < -0.3 is 10.1 Å². The van der Waals surface area contributed by atoms with Crippen LogP contribution < -0.4 is 14.4 Å². The molecule has 1 N–H and O–H groups in total. The minimum atomic E-state index is -3.65. The molecule has 0 aliphatic rings. The minimum Gasteiger partial charge on any atom is -0.497 e. The number of carbonyl (C=O) groups is 1. The lowest BCUT2D eigenvalue weighted by molar-refractivity contribution is -0.120. The molecule has 0 radical (unpaired) electrons. The zero-order valence-corrected chi connectivity index (χ0v) is 18.0. The number of carbonyl (C=O) groups excluding carboxylic acids is 1. The number of benzene rings is 2. The summed E-state index contributed by atoms with van der Waals surface area (Å²) in [6.45, 7) is 3.39. The second-order valence-corrected chi connectivity index (χ2v) is 8.85. The lowest BCUT2D eigenvalue weighted by atomic mass is 10.0. The number of amides is 1. The van der Waals surface area contributed by atoms with E-state index in [2.05, 4.69) is 5.32 Å². The molecule has 0 bridgehead atoms. The molecular weight excluding hydrogens is 400 g/mol. The summed E-state index contributed by atoms with van der Waals surface area (Å²) in [6, 6.07) is 12.0.